The number of hydrogen-bond donors (Lipinski definition) is 0. The Kier molecular flexibility index (Phi) is 5.59. The van der Waals surface area contributed by atoms with E-state index in [1.165, 1.54) is 25.7 Å². The van der Waals surface area contributed by atoms with E-state index in [0.717, 1.165) is 66.4 Å². The highest BCUT2D eigenvalue weighted by Crippen LogP contribution is 2.47. The molecule has 6 nitrogen and oxygen atoms in total. The normalized spacial score (nSPS) is 22.1. The van der Waals surface area contributed by atoms with Gasteiger partial charge in [-0.15, -0.1) is 0 Å². The molecule has 1 saturated heterocycles. The second-order valence-corrected chi connectivity index (χ2v) is 10.8. The van der Waals surface area contributed by atoms with Gasteiger partial charge in [0, 0.05) is 43.7 Å². The largest absolute Gasteiger partial charge is 0.352 e. The van der Waals surface area contributed by atoms with Crippen LogP contribution in [-0.2, 0) is 4.79 Å². The van der Waals surface area contributed by atoms with Gasteiger partial charge >= 0.3 is 0 Å². The Bertz CT molecular complexity index is 1220. The molecule has 3 aliphatic carbocycles. The predicted molar refractivity (Wildman–Crippen MR) is 137 cm³/mol. The summed E-state index contributed by atoms with van der Waals surface area (Å²) in [6.07, 6.45) is 11.4. The summed E-state index contributed by atoms with van der Waals surface area (Å²) in [4.78, 5) is 27.1. The lowest BCUT2D eigenvalue weighted by molar-refractivity contribution is -0.134. The minimum Gasteiger partial charge on any atom is -0.352 e. The van der Waals surface area contributed by atoms with Crippen LogP contribution in [0, 0.1) is 30.1 Å². The van der Waals surface area contributed by atoms with Crippen molar-refractivity contribution in [3.63, 3.8) is 0 Å². The van der Waals surface area contributed by atoms with E-state index in [1.54, 1.807) is 12.3 Å². The van der Waals surface area contributed by atoms with Crippen LogP contribution in [0.5, 0.6) is 0 Å². The molecule has 1 unspecified atom stereocenters. The van der Waals surface area contributed by atoms with Crippen molar-refractivity contribution < 1.29 is 4.79 Å². The topological polar surface area (TPSA) is 73.1 Å². The van der Waals surface area contributed by atoms with Gasteiger partial charge in [-0.25, -0.2) is 4.98 Å². The average molecular weight is 468 g/mol. The molecule has 2 aromatic rings. The van der Waals surface area contributed by atoms with E-state index in [2.05, 4.69) is 34.4 Å². The van der Waals surface area contributed by atoms with E-state index in [-0.39, 0.29) is 6.04 Å². The van der Waals surface area contributed by atoms with Crippen molar-refractivity contribution in [1.82, 2.24) is 14.9 Å². The summed E-state index contributed by atoms with van der Waals surface area (Å²) < 4.78 is 0. The number of amides is 1. The Balaban J connectivity index is 1.36. The SMILES string of the molecule is C=Cc1cc(-c2c(C3CC3)nc(N3CCN(C(=O)CC4CC4)C(C4CC4)C3)c(C#N)c2C)ccn1. The van der Waals surface area contributed by atoms with Gasteiger partial charge in [0.2, 0.25) is 5.91 Å². The van der Waals surface area contributed by atoms with Gasteiger partial charge < -0.3 is 9.80 Å². The maximum Gasteiger partial charge on any atom is 0.223 e. The first-order valence-corrected chi connectivity index (χ1v) is 13.1. The van der Waals surface area contributed by atoms with Gasteiger partial charge in [0.1, 0.15) is 11.9 Å². The molecule has 4 aliphatic rings. The summed E-state index contributed by atoms with van der Waals surface area (Å²) in [5.74, 6) is 2.78. The monoisotopic (exact) mass is 467 g/mol. The molecule has 0 radical (unpaired) electrons. The lowest BCUT2D eigenvalue weighted by atomic mass is 9.93. The predicted octanol–water partition coefficient (Wildman–Crippen LogP) is 5.07. The second-order valence-electron chi connectivity index (χ2n) is 10.8. The van der Waals surface area contributed by atoms with E-state index in [0.29, 0.717) is 35.6 Å². The fourth-order valence-electron chi connectivity index (χ4n) is 5.69. The first kappa shape index (κ1) is 22.3. The highest BCUT2D eigenvalue weighted by atomic mass is 16.2. The summed E-state index contributed by atoms with van der Waals surface area (Å²) >= 11 is 0. The number of carbonyl (C=O) groups excluding carboxylic acids is 1. The van der Waals surface area contributed by atoms with E-state index >= 15 is 0 Å². The van der Waals surface area contributed by atoms with Crippen molar-refractivity contribution in [1.29, 1.82) is 5.26 Å². The summed E-state index contributed by atoms with van der Waals surface area (Å²) in [6.45, 7) is 8.17. The van der Waals surface area contributed by atoms with Gasteiger partial charge in [-0.1, -0.05) is 6.58 Å². The number of pyridine rings is 2. The van der Waals surface area contributed by atoms with Gasteiger partial charge in [0.05, 0.1) is 23.0 Å². The Labute approximate surface area is 207 Å². The number of rotatable bonds is 7. The highest BCUT2D eigenvalue weighted by Gasteiger charge is 2.43. The van der Waals surface area contributed by atoms with Crippen LogP contribution in [0.25, 0.3) is 17.2 Å². The molecule has 1 amide bonds. The molecule has 4 fully saturated rings. The number of nitrogens with zero attached hydrogens (tertiary/aromatic N) is 5. The molecular weight excluding hydrogens is 434 g/mol. The zero-order chi connectivity index (χ0) is 24.1. The Morgan fingerprint density at radius 1 is 1.23 bits per heavy atom. The van der Waals surface area contributed by atoms with E-state index in [1.807, 2.05) is 12.1 Å². The lowest BCUT2D eigenvalue weighted by Gasteiger charge is -2.43. The third kappa shape index (κ3) is 4.33. The fourth-order valence-corrected chi connectivity index (χ4v) is 5.69. The summed E-state index contributed by atoms with van der Waals surface area (Å²) in [5, 5.41) is 10.3. The van der Waals surface area contributed by atoms with Gasteiger partial charge in [-0.3, -0.25) is 9.78 Å². The molecule has 3 saturated carbocycles. The quantitative estimate of drug-likeness (QED) is 0.568. The lowest BCUT2D eigenvalue weighted by Crippen LogP contribution is -2.56. The number of carbonyl (C=O) groups is 1. The van der Waals surface area contributed by atoms with E-state index in [9.17, 15) is 10.1 Å². The van der Waals surface area contributed by atoms with Crippen molar-refractivity contribution in [2.45, 2.75) is 63.8 Å². The van der Waals surface area contributed by atoms with Gasteiger partial charge in [-0.2, -0.15) is 5.26 Å². The maximum absolute atomic E-state index is 13.0. The van der Waals surface area contributed by atoms with Crippen molar-refractivity contribution in [3.8, 4) is 17.2 Å². The highest BCUT2D eigenvalue weighted by molar-refractivity contribution is 5.79. The maximum atomic E-state index is 13.0. The summed E-state index contributed by atoms with van der Waals surface area (Å²) in [6, 6.07) is 6.78. The fraction of sp³-hybridized carbons (Fsp3) is 0.517. The number of piperazine rings is 1. The van der Waals surface area contributed by atoms with Crippen molar-refractivity contribution in [2.24, 2.45) is 11.8 Å². The third-order valence-electron chi connectivity index (χ3n) is 8.18. The van der Waals surface area contributed by atoms with Crippen molar-refractivity contribution >= 4 is 17.8 Å². The number of anilines is 1. The van der Waals surface area contributed by atoms with Crippen LogP contribution in [0.2, 0.25) is 0 Å². The Morgan fingerprint density at radius 3 is 2.69 bits per heavy atom. The minimum absolute atomic E-state index is 0.239. The van der Waals surface area contributed by atoms with Crippen LogP contribution in [0.1, 0.15) is 73.4 Å². The zero-order valence-electron chi connectivity index (χ0n) is 20.5. The molecule has 0 bridgehead atoms. The van der Waals surface area contributed by atoms with Crippen LogP contribution in [-0.4, -0.2) is 46.5 Å². The molecule has 0 aromatic carbocycles. The molecule has 0 N–H and O–H groups in total. The molecule has 1 aliphatic heterocycles. The van der Waals surface area contributed by atoms with Gasteiger partial charge in [-0.05, 0) is 86.6 Å². The smallest absolute Gasteiger partial charge is 0.223 e. The Morgan fingerprint density at radius 2 is 2.03 bits per heavy atom. The average Bonchev–Trinajstić information content (AvgIpc) is 3.70. The van der Waals surface area contributed by atoms with E-state index < -0.39 is 0 Å². The minimum atomic E-state index is 0.239. The molecule has 6 heteroatoms. The number of aromatic nitrogens is 2. The standard InChI is InChI=1S/C29H33N5O/c1-3-23-15-22(10-11-31-23)27-18(2)24(16-30)29(32-28(27)21-8-9-21)33-12-13-34(25(17-33)20-6-7-20)26(35)14-19-4-5-19/h3,10-11,15,19-21,25H,1,4-9,12-14,17H2,2H3. The van der Waals surface area contributed by atoms with E-state index in [4.69, 9.17) is 4.98 Å². The number of hydrogen-bond acceptors (Lipinski definition) is 5. The first-order valence-electron chi connectivity index (χ1n) is 13.1. The zero-order valence-corrected chi connectivity index (χ0v) is 20.5. The van der Waals surface area contributed by atoms with Gasteiger partial charge in [0.25, 0.3) is 0 Å². The van der Waals surface area contributed by atoms with Gasteiger partial charge in [0.15, 0.2) is 0 Å². The third-order valence-corrected chi connectivity index (χ3v) is 8.18. The molecule has 6 rings (SSSR count). The molecular formula is C29H33N5O. The molecule has 3 heterocycles. The summed E-state index contributed by atoms with van der Waals surface area (Å²) in [7, 11) is 0. The molecule has 2 aromatic heterocycles. The van der Waals surface area contributed by atoms with Crippen LogP contribution >= 0.6 is 0 Å². The molecule has 35 heavy (non-hydrogen) atoms. The van der Waals surface area contributed by atoms with Crippen LogP contribution in [0.4, 0.5) is 5.82 Å². The van der Waals surface area contributed by atoms with Crippen LogP contribution in [0.3, 0.4) is 0 Å². The Hall–Kier alpha value is -3.20. The number of nitriles is 1. The molecule has 180 valence electrons. The molecule has 0 spiro atoms. The van der Waals surface area contributed by atoms with Crippen LogP contribution in [0.15, 0.2) is 24.9 Å². The van der Waals surface area contributed by atoms with Crippen molar-refractivity contribution in [2.75, 3.05) is 24.5 Å². The first-order chi connectivity index (χ1) is 17.1. The van der Waals surface area contributed by atoms with Crippen molar-refractivity contribution in [3.05, 3.63) is 47.4 Å². The summed E-state index contributed by atoms with van der Waals surface area (Å²) in [5.41, 5.74) is 5.72. The molecule has 1 atom stereocenters. The second kappa shape index (κ2) is 8.78. The van der Waals surface area contributed by atoms with Crippen LogP contribution < -0.4 is 4.90 Å².